The fourth-order valence-corrected chi connectivity index (χ4v) is 3.09. The molecule has 1 fully saturated rings. The van der Waals surface area contributed by atoms with Crippen molar-refractivity contribution in [3.05, 3.63) is 35.4 Å². The number of benzene rings is 1. The maximum atomic E-state index is 12.3. The lowest BCUT2D eigenvalue weighted by Gasteiger charge is -2.20. The largest absolute Gasteiger partial charge is 0.493 e. The van der Waals surface area contributed by atoms with Gasteiger partial charge in [0.25, 0.3) is 0 Å². The van der Waals surface area contributed by atoms with E-state index in [2.05, 4.69) is 0 Å². The van der Waals surface area contributed by atoms with Crippen molar-refractivity contribution in [3.8, 4) is 11.5 Å². The predicted molar refractivity (Wildman–Crippen MR) is 89.4 cm³/mol. The summed E-state index contributed by atoms with van der Waals surface area (Å²) in [6.07, 6.45) is 1.53. The van der Waals surface area contributed by atoms with E-state index in [1.165, 1.54) is 20.3 Å². The summed E-state index contributed by atoms with van der Waals surface area (Å²) in [5.41, 5.74) is 1.63. The Kier molecular flexibility index (Phi) is 5.49. The van der Waals surface area contributed by atoms with Crippen LogP contribution in [0, 0.1) is 5.92 Å². The Morgan fingerprint density at radius 2 is 1.92 bits per heavy atom. The van der Waals surface area contributed by atoms with Crippen molar-refractivity contribution < 1.29 is 24.2 Å². The van der Waals surface area contributed by atoms with Crippen LogP contribution in [0.1, 0.15) is 25.3 Å². The number of methoxy groups -OCH3 is 2. The molecule has 1 saturated heterocycles. The maximum absolute atomic E-state index is 12.3. The molecule has 1 aliphatic rings. The predicted octanol–water partition coefficient (Wildman–Crippen LogP) is 2.30. The quantitative estimate of drug-likeness (QED) is 0.837. The lowest BCUT2D eigenvalue weighted by Crippen LogP contribution is -2.28. The van der Waals surface area contributed by atoms with Crippen LogP contribution < -0.4 is 9.47 Å². The average Bonchev–Trinajstić information content (AvgIpc) is 2.98. The molecule has 2 rings (SSSR count). The number of carboxylic acid groups (broad SMARTS) is 1. The van der Waals surface area contributed by atoms with Crippen molar-refractivity contribution in [2.75, 3.05) is 27.3 Å². The first-order chi connectivity index (χ1) is 11.4. The van der Waals surface area contributed by atoms with Gasteiger partial charge in [0.05, 0.1) is 20.1 Å². The number of amides is 1. The number of rotatable bonds is 5. The molecule has 0 bridgehead atoms. The van der Waals surface area contributed by atoms with Crippen molar-refractivity contribution in [2.45, 2.75) is 19.8 Å². The number of hydrogen-bond donors (Lipinski definition) is 1. The molecule has 0 aliphatic carbocycles. The summed E-state index contributed by atoms with van der Waals surface area (Å²) >= 11 is 0. The first kappa shape index (κ1) is 17.8. The molecule has 0 spiro atoms. The molecule has 130 valence electrons. The van der Waals surface area contributed by atoms with E-state index in [-0.39, 0.29) is 18.4 Å². The average molecular weight is 333 g/mol. The summed E-state index contributed by atoms with van der Waals surface area (Å²) in [6, 6.07) is 5.40. The molecule has 1 amide bonds. The standard InChI is InChI=1S/C18H23NO5/c1-11(2)8-16(20)19-9-13(14(10-19)18(21)22)12-6-5-7-15(23-3)17(12)24-4/h5-8,13-14H,9-10H2,1-4H3,(H,21,22)/t13-,14+/m1/s1. The van der Waals surface area contributed by atoms with E-state index in [4.69, 9.17) is 9.47 Å². The van der Waals surface area contributed by atoms with Gasteiger partial charge >= 0.3 is 5.97 Å². The summed E-state index contributed by atoms with van der Waals surface area (Å²) < 4.78 is 10.7. The molecule has 2 atom stereocenters. The number of para-hydroxylation sites is 1. The number of hydrogen-bond acceptors (Lipinski definition) is 4. The second kappa shape index (κ2) is 7.38. The van der Waals surface area contributed by atoms with Gasteiger partial charge < -0.3 is 19.5 Å². The highest BCUT2D eigenvalue weighted by Gasteiger charge is 2.41. The number of nitrogens with zero attached hydrogens (tertiary/aromatic N) is 1. The van der Waals surface area contributed by atoms with Gasteiger partial charge in [0, 0.05) is 30.6 Å². The lowest BCUT2D eigenvalue weighted by atomic mass is 9.88. The topological polar surface area (TPSA) is 76.1 Å². The molecule has 0 aromatic heterocycles. The summed E-state index contributed by atoms with van der Waals surface area (Å²) in [5, 5.41) is 9.59. The Morgan fingerprint density at radius 1 is 1.21 bits per heavy atom. The van der Waals surface area contributed by atoms with E-state index in [1.54, 1.807) is 17.0 Å². The second-order valence-electron chi connectivity index (χ2n) is 6.10. The third-order valence-corrected chi connectivity index (χ3v) is 4.19. The Morgan fingerprint density at radius 3 is 2.46 bits per heavy atom. The van der Waals surface area contributed by atoms with Gasteiger partial charge in [0.15, 0.2) is 11.5 Å². The van der Waals surface area contributed by atoms with Crippen LogP contribution in [0.4, 0.5) is 0 Å². The van der Waals surface area contributed by atoms with E-state index in [0.29, 0.717) is 18.0 Å². The van der Waals surface area contributed by atoms with Crippen molar-refractivity contribution in [1.29, 1.82) is 0 Å². The van der Waals surface area contributed by atoms with Crippen LogP contribution >= 0.6 is 0 Å². The third-order valence-electron chi connectivity index (χ3n) is 4.19. The van der Waals surface area contributed by atoms with E-state index in [1.807, 2.05) is 19.9 Å². The van der Waals surface area contributed by atoms with Crippen LogP contribution in [0.3, 0.4) is 0 Å². The van der Waals surface area contributed by atoms with Crippen LogP contribution in [-0.2, 0) is 9.59 Å². The summed E-state index contributed by atoms with van der Waals surface area (Å²) in [6.45, 7) is 4.20. The van der Waals surface area contributed by atoms with Gasteiger partial charge in [-0.2, -0.15) is 0 Å². The fourth-order valence-electron chi connectivity index (χ4n) is 3.09. The van der Waals surface area contributed by atoms with E-state index >= 15 is 0 Å². The number of allylic oxidation sites excluding steroid dienone is 1. The van der Waals surface area contributed by atoms with Crippen LogP contribution in [-0.4, -0.2) is 49.2 Å². The molecule has 1 aromatic rings. The molecule has 24 heavy (non-hydrogen) atoms. The van der Waals surface area contributed by atoms with Crippen molar-refractivity contribution in [3.63, 3.8) is 0 Å². The number of likely N-dealkylation sites (tertiary alicyclic amines) is 1. The first-order valence-corrected chi connectivity index (χ1v) is 7.76. The minimum atomic E-state index is -0.919. The van der Waals surface area contributed by atoms with Crippen LogP contribution in [0.2, 0.25) is 0 Å². The van der Waals surface area contributed by atoms with Gasteiger partial charge in [-0.05, 0) is 19.9 Å². The number of ether oxygens (including phenoxy) is 2. The second-order valence-corrected chi connectivity index (χ2v) is 6.10. The minimum absolute atomic E-state index is 0.161. The molecule has 0 unspecified atom stereocenters. The molecular weight excluding hydrogens is 310 g/mol. The molecule has 1 heterocycles. The van der Waals surface area contributed by atoms with E-state index in [9.17, 15) is 14.7 Å². The Labute approximate surface area is 141 Å². The molecule has 1 N–H and O–H groups in total. The number of carboxylic acids is 1. The van der Waals surface area contributed by atoms with E-state index in [0.717, 1.165) is 11.1 Å². The highest BCUT2D eigenvalue weighted by atomic mass is 16.5. The van der Waals surface area contributed by atoms with Gasteiger partial charge in [-0.25, -0.2) is 0 Å². The van der Waals surface area contributed by atoms with Gasteiger partial charge in [0.1, 0.15) is 0 Å². The molecule has 6 heteroatoms. The Balaban J connectivity index is 2.39. The molecule has 0 radical (unpaired) electrons. The normalized spacial score (nSPS) is 19.8. The SMILES string of the molecule is COc1cccc([C@H]2CN(C(=O)C=C(C)C)C[C@@H]2C(=O)O)c1OC. The highest BCUT2D eigenvalue weighted by Crippen LogP contribution is 2.41. The zero-order valence-electron chi connectivity index (χ0n) is 14.4. The number of aliphatic carboxylic acids is 1. The summed E-state index contributed by atoms with van der Waals surface area (Å²) in [7, 11) is 3.06. The van der Waals surface area contributed by atoms with Crippen molar-refractivity contribution in [1.82, 2.24) is 4.90 Å². The van der Waals surface area contributed by atoms with Crippen LogP contribution in [0.15, 0.2) is 29.8 Å². The van der Waals surface area contributed by atoms with Gasteiger partial charge in [-0.15, -0.1) is 0 Å². The maximum Gasteiger partial charge on any atom is 0.308 e. The van der Waals surface area contributed by atoms with Crippen LogP contribution in [0.25, 0.3) is 0 Å². The Bertz CT molecular complexity index is 663. The number of carbonyl (C=O) groups is 2. The van der Waals surface area contributed by atoms with Gasteiger partial charge in [-0.3, -0.25) is 9.59 Å². The minimum Gasteiger partial charge on any atom is -0.493 e. The summed E-state index contributed by atoms with van der Waals surface area (Å²) in [4.78, 5) is 25.6. The van der Waals surface area contributed by atoms with Gasteiger partial charge in [-0.1, -0.05) is 17.7 Å². The summed E-state index contributed by atoms with van der Waals surface area (Å²) in [5.74, 6) is -1.04. The Hall–Kier alpha value is -2.50. The number of carbonyl (C=O) groups excluding carboxylic acids is 1. The fraction of sp³-hybridized carbons (Fsp3) is 0.444. The molecule has 0 saturated carbocycles. The molecule has 1 aliphatic heterocycles. The zero-order valence-corrected chi connectivity index (χ0v) is 14.4. The van der Waals surface area contributed by atoms with Crippen molar-refractivity contribution >= 4 is 11.9 Å². The first-order valence-electron chi connectivity index (χ1n) is 7.76. The highest BCUT2D eigenvalue weighted by molar-refractivity contribution is 5.89. The molecule has 6 nitrogen and oxygen atoms in total. The monoisotopic (exact) mass is 333 g/mol. The molecular formula is C18H23NO5. The van der Waals surface area contributed by atoms with Crippen LogP contribution in [0.5, 0.6) is 11.5 Å². The smallest absolute Gasteiger partial charge is 0.308 e. The van der Waals surface area contributed by atoms with Gasteiger partial charge in [0.2, 0.25) is 5.91 Å². The zero-order chi connectivity index (χ0) is 17.9. The molecule has 1 aromatic carbocycles. The lowest BCUT2D eigenvalue weighted by molar-refractivity contribution is -0.141. The van der Waals surface area contributed by atoms with Crippen molar-refractivity contribution in [2.24, 2.45) is 5.92 Å². The third kappa shape index (κ3) is 3.53. The van der Waals surface area contributed by atoms with E-state index < -0.39 is 11.9 Å².